The third-order valence-corrected chi connectivity index (χ3v) is 3.60. The molecule has 1 aliphatic carbocycles. The van der Waals surface area contributed by atoms with Gasteiger partial charge in [-0.3, -0.25) is 9.59 Å². The zero-order valence-corrected chi connectivity index (χ0v) is 9.79. The Bertz CT molecular complexity index is 247. The lowest BCUT2D eigenvalue weighted by Gasteiger charge is -2.30. The van der Waals surface area contributed by atoms with Gasteiger partial charge in [-0.1, -0.05) is 13.8 Å². The van der Waals surface area contributed by atoms with Crippen molar-refractivity contribution in [3.63, 3.8) is 0 Å². The van der Waals surface area contributed by atoms with E-state index < -0.39 is 0 Å². The van der Waals surface area contributed by atoms with Gasteiger partial charge in [0.05, 0.1) is 7.11 Å². The van der Waals surface area contributed by atoms with Crippen molar-refractivity contribution >= 4 is 11.8 Å². The van der Waals surface area contributed by atoms with Gasteiger partial charge in [0.1, 0.15) is 5.78 Å². The molecule has 1 fully saturated rings. The van der Waals surface area contributed by atoms with E-state index in [9.17, 15) is 9.59 Å². The van der Waals surface area contributed by atoms with Crippen LogP contribution in [0.25, 0.3) is 0 Å². The average molecular weight is 212 g/mol. The van der Waals surface area contributed by atoms with Crippen LogP contribution in [0.5, 0.6) is 0 Å². The molecule has 0 aromatic heterocycles. The molecular formula is C12H20O3. The second kappa shape index (κ2) is 5.29. The number of hydrogen-bond donors (Lipinski definition) is 0. The van der Waals surface area contributed by atoms with Gasteiger partial charge in [-0.2, -0.15) is 0 Å². The Kier molecular flexibility index (Phi) is 4.30. The van der Waals surface area contributed by atoms with Crippen LogP contribution in [0.2, 0.25) is 0 Å². The maximum absolute atomic E-state index is 11.9. The largest absolute Gasteiger partial charge is 0.469 e. The van der Waals surface area contributed by atoms with E-state index in [4.69, 9.17) is 0 Å². The highest BCUT2D eigenvalue weighted by Crippen LogP contribution is 2.32. The lowest BCUT2D eigenvalue weighted by Crippen LogP contribution is -2.32. The van der Waals surface area contributed by atoms with E-state index in [0.717, 1.165) is 12.8 Å². The van der Waals surface area contributed by atoms with Gasteiger partial charge >= 0.3 is 5.97 Å². The summed E-state index contributed by atoms with van der Waals surface area (Å²) >= 11 is 0. The standard InChI is InChI=1S/C12H20O3/c1-8-4-5-10(12(14)9(8)2)6-7-11(13)15-3/h8-10H,4-7H2,1-3H3/t8-,9+,10+/m1/s1. The summed E-state index contributed by atoms with van der Waals surface area (Å²) in [5.41, 5.74) is 0. The van der Waals surface area contributed by atoms with Crippen LogP contribution in [0, 0.1) is 17.8 Å². The number of ketones is 1. The number of methoxy groups -OCH3 is 1. The van der Waals surface area contributed by atoms with E-state index in [1.54, 1.807) is 0 Å². The first-order valence-corrected chi connectivity index (χ1v) is 5.66. The molecule has 0 unspecified atom stereocenters. The quantitative estimate of drug-likeness (QED) is 0.673. The summed E-state index contributed by atoms with van der Waals surface area (Å²) in [6.07, 6.45) is 3.05. The van der Waals surface area contributed by atoms with E-state index in [1.165, 1.54) is 7.11 Å². The normalized spacial score (nSPS) is 31.4. The van der Waals surface area contributed by atoms with E-state index in [1.807, 2.05) is 6.92 Å². The van der Waals surface area contributed by atoms with Crippen LogP contribution in [0.3, 0.4) is 0 Å². The van der Waals surface area contributed by atoms with Crippen molar-refractivity contribution in [2.45, 2.75) is 39.5 Å². The molecule has 0 N–H and O–H groups in total. The molecular weight excluding hydrogens is 192 g/mol. The minimum absolute atomic E-state index is 0.0790. The molecule has 1 rings (SSSR count). The minimum Gasteiger partial charge on any atom is -0.469 e. The summed E-state index contributed by atoms with van der Waals surface area (Å²) in [5, 5.41) is 0. The molecule has 86 valence electrons. The minimum atomic E-state index is -0.214. The van der Waals surface area contributed by atoms with Crippen molar-refractivity contribution < 1.29 is 14.3 Å². The highest BCUT2D eigenvalue weighted by Gasteiger charge is 2.32. The monoisotopic (exact) mass is 212 g/mol. The van der Waals surface area contributed by atoms with E-state index in [2.05, 4.69) is 11.7 Å². The number of esters is 1. The summed E-state index contributed by atoms with van der Waals surface area (Å²) in [6, 6.07) is 0. The van der Waals surface area contributed by atoms with Crippen LogP contribution < -0.4 is 0 Å². The lowest BCUT2D eigenvalue weighted by molar-refractivity contribution is -0.141. The van der Waals surface area contributed by atoms with Crippen LogP contribution in [0.15, 0.2) is 0 Å². The highest BCUT2D eigenvalue weighted by molar-refractivity contribution is 5.84. The summed E-state index contributed by atoms with van der Waals surface area (Å²) in [6.45, 7) is 4.12. The highest BCUT2D eigenvalue weighted by atomic mass is 16.5. The first kappa shape index (κ1) is 12.2. The molecule has 1 aliphatic rings. The summed E-state index contributed by atoms with van der Waals surface area (Å²) < 4.78 is 4.57. The molecule has 0 aromatic rings. The molecule has 3 heteroatoms. The summed E-state index contributed by atoms with van der Waals surface area (Å²) in [5.74, 6) is 0.843. The van der Waals surface area contributed by atoms with Gasteiger partial charge in [0.2, 0.25) is 0 Å². The van der Waals surface area contributed by atoms with Gasteiger partial charge in [0.25, 0.3) is 0 Å². The topological polar surface area (TPSA) is 43.4 Å². The van der Waals surface area contributed by atoms with Gasteiger partial charge in [-0.25, -0.2) is 0 Å². The fourth-order valence-electron chi connectivity index (χ4n) is 2.19. The molecule has 0 spiro atoms. The Hall–Kier alpha value is -0.860. The van der Waals surface area contributed by atoms with Crippen molar-refractivity contribution in [3.8, 4) is 0 Å². The van der Waals surface area contributed by atoms with Crippen molar-refractivity contribution in [2.75, 3.05) is 7.11 Å². The fraction of sp³-hybridized carbons (Fsp3) is 0.833. The predicted octanol–water partition coefficient (Wildman–Crippen LogP) is 2.19. The molecule has 15 heavy (non-hydrogen) atoms. The van der Waals surface area contributed by atoms with E-state index >= 15 is 0 Å². The lowest BCUT2D eigenvalue weighted by atomic mass is 9.73. The molecule has 0 aliphatic heterocycles. The zero-order valence-electron chi connectivity index (χ0n) is 9.79. The summed E-state index contributed by atoms with van der Waals surface area (Å²) in [7, 11) is 1.38. The number of carbonyl (C=O) groups excluding carboxylic acids is 2. The number of carbonyl (C=O) groups is 2. The number of rotatable bonds is 3. The van der Waals surface area contributed by atoms with Crippen LogP contribution >= 0.6 is 0 Å². The zero-order chi connectivity index (χ0) is 11.4. The first-order valence-electron chi connectivity index (χ1n) is 5.66. The van der Waals surface area contributed by atoms with Gasteiger partial charge < -0.3 is 4.74 Å². The van der Waals surface area contributed by atoms with Crippen molar-refractivity contribution in [1.82, 2.24) is 0 Å². The third kappa shape index (κ3) is 3.05. The molecule has 0 heterocycles. The first-order chi connectivity index (χ1) is 7.06. The van der Waals surface area contributed by atoms with Gasteiger partial charge in [0.15, 0.2) is 0 Å². The fourth-order valence-corrected chi connectivity index (χ4v) is 2.19. The summed E-state index contributed by atoms with van der Waals surface area (Å²) in [4.78, 5) is 22.9. The number of Topliss-reactive ketones (excluding diaryl/α,β-unsaturated/α-hetero) is 1. The Morgan fingerprint density at radius 1 is 1.40 bits per heavy atom. The van der Waals surface area contributed by atoms with Gasteiger partial charge in [0, 0.05) is 18.3 Å². The average Bonchev–Trinajstić information content (AvgIpc) is 2.24. The van der Waals surface area contributed by atoms with Crippen molar-refractivity contribution in [2.24, 2.45) is 17.8 Å². The molecule has 1 saturated carbocycles. The molecule has 3 nitrogen and oxygen atoms in total. The smallest absolute Gasteiger partial charge is 0.305 e. The SMILES string of the molecule is COC(=O)CC[C@@H]1CC[C@@H](C)[C@H](C)C1=O. The molecule has 0 bridgehead atoms. The van der Waals surface area contributed by atoms with Crippen molar-refractivity contribution in [3.05, 3.63) is 0 Å². The van der Waals surface area contributed by atoms with Crippen molar-refractivity contribution in [1.29, 1.82) is 0 Å². The van der Waals surface area contributed by atoms with E-state index in [0.29, 0.717) is 24.5 Å². The molecule has 3 atom stereocenters. The molecule has 0 radical (unpaired) electrons. The Morgan fingerprint density at radius 3 is 2.67 bits per heavy atom. The second-order valence-electron chi connectivity index (χ2n) is 4.56. The van der Waals surface area contributed by atoms with Crippen LogP contribution in [-0.4, -0.2) is 18.9 Å². The maximum Gasteiger partial charge on any atom is 0.305 e. The Labute approximate surface area is 91.2 Å². The van der Waals surface area contributed by atoms with Crippen LogP contribution in [-0.2, 0) is 14.3 Å². The second-order valence-corrected chi connectivity index (χ2v) is 4.56. The molecule has 0 saturated heterocycles. The number of ether oxygens (including phenoxy) is 1. The van der Waals surface area contributed by atoms with Crippen LogP contribution in [0.1, 0.15) is 39.5 Å². The van der Waals surface area contributed by atoms with Crippen LogP contribution in [0.4, 0.5) is 0 Å². The van der Waals surface area contributed by atoms with Gasteiger partial charge in [-0.05, 0) is 25.2 Å². The number of hydrogen-bond acceptors (Lipinski definition) is 3. The van der Waals surface area contributed by atoms with E-state index in [-0.39, 0.29) is 17.8 Å². The third-order valence-electron chi connectivity index (χ3n) is 3.60. The molecule has 0 aromatic carbocycles. The Balaban J connectivity index is 2.43. The predicted molar refractivity (Wildman–Crippen MR) is 57.3 cm³/mol. The van der Waals surface area contributed by atoms with Gasteiger partial charge in [-0.15, -0.1) is 0 Å². The Morgan fingerprint density at radius 2 is 2.07 bits per heavy atom. The maximum atomic E-state index is 11.9. The molecule has 0 amide bonds.